The van der Waals surface area contributed by atoms with Crippen LogP contribution in [0.1, 0.15) is 17.5 Å². The molecule has 2 atom stereocenters. The maximum Gasteiger partial charge on any atom is 0.297 e. The summed E-state index contributed by atoms with van der Waals surface area (Å²) in [5.74, 6) is 0.658. The second-order valence-corrected chi connectivity index (χ2v) is 12.0. The van der Waals surface area contributed by atoms with E-state index in [2.05, 4.69) is 6.58 Å². The van der Waals surface area contributed by atoms with Gasteiger partial charge in [-0.05, 0) is 35.1 Å². The molecule has 0 spiro atoms. The van der Waals surface area contributed by atoms with Crippen molar-refractivity contribution in [2.45, 2.75) is 24.8 Å². The van der Waals surface area contributed by atoms with Gasteiger partial charge in [-0.2, -0.15) is 0 Å². The summed E-state index contributed by atoms with van der Waals surface area (Å²) in [6, 6.07) is 18.8. The van der Waals surface area contributed by atoms with Crippen molar-refractivity contribution >= 4 is 28.9 Å². The summed E-state index contributed by atoms with van der Waals surface area (Å²) < 4.78 is 11.8. The molecule has 0 saturated heterocycles. The Labute approximate surface area is 174 Å². The molecule has 0 radical (unpaired) electrons. The second kappa shape index (κ2) is 11.8. The summed E-state index contributed by atoms with van der Waals surface area (Å²) in [4.78, 5) is 10.5. The van der Waals surface area contributed by atoms with Gasteiger partial charge in [-0.25, -0.2) is 0 Å². The molecular formula is C20H22NO4PS2. The van der Waals surface area contributed by atoms with E-state index in [9.17, 15) is 10.1 Å². The number of hydrogen-bond donors (Lipinski definition) is 0. The Morgan fingerprint density at radius 2 is 1.75 bits per heavy atom. The van der Waals surface area contributed by atoms with E-state index in [0.717, 1.165) is 11.1 Å². The van der Waals surface area contributed by atoms with E-state index in [4.69, 9.17) is 20.9 Å². The van der Waals surface area contributed by atoms with Crippen LogP contribution in [0.5, 0.6) is 0 Å². The predicted octanol–water partition coefficient (Wildman–Crippen LogP) is 6.11. The van der Waals surface area contributed by atoms with Gasteiger partial charge in [0.15, 0.2) is 0 Å². The van der Waals surface area contributed by atoms with Crippen molar-refractivity contribution in [2.75, 3.05) is 0 Å². The van der Waals surface area contributed by atoms with Crippen molar-refractivity contribution < 1.29 is 14.0 Å². The molecule has 0 aliphatic carbocycles. The third-order valence-corrected chi connectivity index (χ3v) is 8.71. The highest BCUT2D eigenvalue weighted by atomic mass is 32.9. The minimum atomic E-state index is -2.67. The van der Waals surface area contributed by atoms with Crippen LogP contribution >= 0.6 is 17.1 Å². The molecule has 2 aromatic rings. The zero-order valence-corrected chi connectivity index (χ0v) is 17.8. The van der Waals surface area contributed by atoms with E-state index in [1.54, 1.807) is 6.08 Å². The molecule has 8 heteroatoms. The Hall–Kier alpha value is -1.92. The summed E-state index contributed by atoms with van der Waals surface area (Å²) in [5, 5.41) is 10.9. The standard InChI is InChI=1S/C20H22NO4PS2/c1-2-20(21(22)23)14-9-15-24-26(27,25-16-18-10-5-3-6-11-18)28-17-19-12-7-4-8-13-19/h2-13,15,20H,1,14,16-17H2/b15-9+. The van der Waals surface area contributed by atoms with Gasteiger partial charge in [-0.15, -0.1) is 0 Å². The van der Waals surface area contributed by atoms with E-state index in [-0.39, 0.29) is 11.3 Å². The van der Waals surface area contributed by atoms with Crippen LogP contribution in [0.4, 0.5) is 0 Å². The van der Waals surface area contributed by atoms with Gasteiger partial charge in [0.2, 0.25) is 6.04 Å². The molecule has 0 heterocycles. The van der Waals surface area contributed by atoms with Crippen molar-refractivity contribution in [2.24, 2.45) is 0 Å². The Bertz CT molecular complexity index is 783. The molecular weight excluding hydrogens is 413 g/mol. The zero-order valence-electron chi connectivity index (χ0n) is 15.3. The average molecular weight is 436 g/mol. The maximum atomic E-state index is 10.9. The summed E-state index contributed by atoms with van der Waals surface area (Å²) in [6.07, 6.45) is 4.50. The van der Waals surface area contributed by atoms with Crippen molar-refractivity contribution in [3.63, 3.8) is 0 Å². The lowest BCUT2D eigenvalue weighted by molar-refractivity contribution is -0.508. The fraction of sp³-hybridized carbons (Fsp3) is 0.200. The quantitative estimate of drug-likeness (QED) is 0.132. The minimum absolute atomic E-state index is 0.188. The smallest absolute Gasteiger partial charge is 0.297 e. The van der Waals surface area contributed by atoms with Gasteiger partial charge < -0.3 is 9.05 Å². The van der Waals surface area contributed by atoms with Gasteiger partial charge in [-0.3, -0.25) is 10.1 Å². The lowest BCUT2D eigenvalue weighted by atomic mass is 10.2. The van der Waals surface area contributed by atoms with E-state index < -0.39 is 11.7 Å². The summed E-state index contributed by atoms with van der Waals surface area (Å²) in [7, 11) is 0. The molecule has 0 fully saturated rings. The van der Waals surface area contributed by atoms with E-state index in [0.29, 0.717) is 12.4 Å². The lowest BCUT2D eigenvalue weighted by Crippen LogP contribution is -2.14. The first-order valence-electron chi connectivity index (χ1n) is 8.59. The Morgan fingerprint density at radius 1 is 1.14 bits per heavy atom. The monoisotopic (exact) mass is 435 g/mol. The lowest BCUT2D eigenvalue weighted by Gasteiger charge is -2.20. The fourth-order valence-corrected chi connectivity index (χ4v) is 5.79. The second-order valence-electron chi connectivity index (χ2n) is 5.77. The predicted molar refractivity (Wildman–Crippen MR) is 119 cm³/mol. The fourth-order valence-electron chi connectivity index (χ4n) is 2.13. The number of benzene rings is 2. The van der Waals surface area contributed by atoms with Crippen molar-refractivity contribution in [1.82, 2.24) is 0 Å². The highest BCUT2D eigenvalue weighted by molar-refractivity contribution is 8.67. The third kappa shape index (κ3) is 7.98. The minimum Gasteiger partial charge on any atom is -0.444 e. The molecule has 2 unspecified atom stereocenters. The molecule has 0 aliphatic heterocycles. The first kappa shape index (κ1) is 22.4. The highest BCUT2D eigenvalue weighted by Gasteiger charge is 2.21. The third-order valence-electron chi connectivity index (χ3n) is 3.67. The van der Waals surface area contributed by atoms with Crippen LogP contribution in [0.25, 0.3) is 0 Å². The Balaban J connectivity index is 2.00. The molecule has 2 aromatic carbocycles. The Morgan fingerprint density at radius 3 is 2.32 bits per heavy atom. The van der Waals surface area contributed by atoms with E-state index in [1.165, 1.54) is 23.7 Å². The molecule has 5 nitrogen and oxygen atoms in total. The van der Waals surface area contributed by atoms with Crippen molar-refractivity contribution in [3.05, 3.63) is 107 Å². The molecule has 0 saturated carbocycles. The van der Waals surface area contributed by atoms with Crippen LogP contribution < -0.4 is 0 Å². The first-order chi connectivity index (χ1) is 13.5. The summed E-state index contributed by atoms with van der Waals surface area (Å²) in [6.45, 7) is 3.82. The number of hydrogen-bond acceptors (Lipinski definition) is 6. The first-order valence-corrected chi connectivity index (χ1v) is 12.8. The van der Waals surface area contributed by atoms with Crippen LogP contribution in [0.2, 0.25) is 0 Å². The van der Waals surface area contributed by atoms with E-state index in [1.807, 2.05) is 60.7 Å². The highest BCUT2D eigenvalue weighted by Crippen LogP contribution is 2.62. The zero-order chi connectivity index (χ0) is 20.2. The van der Waals surface area contributed by atoms with Gasteiger partial charge in [0.1, 0.15) is 0 Å². The normalized spacial score (nSPS) is 14.3. The molecule has 0 amide bonds. The van der Waals surface area contributed by atoms with Crippen LogP contribution in [0, 0.1) is 10.1 Å². The van der Waals surface area contributed by atoms with Crippen LogP contribution in [0.15, 0.2) is 85.7 Å². The number of nitrogens with zero attached hydrogens (tertiary/aromatic N) is 1. The average Bonchev–Trinajstić information content (AvgIpc) is 2.72. The van der Waals surface area contributed by atoms with Gasteiger partial charge in [0.25, 0.3) is 5.69 Å². The van der Waals surface area contributed by atoms with Gasteiger partial charge in [0, 0.05) is 17.1 Å². The largest absolute Gasteiger partial charge is 0.444 e. The molecule has 0 aliphatic rings. The van der Waals surface area contributed by atoms with Gasteiger partial charge >= 0.3 is 0 Å². The van der Waals surface area contributed by atoms with Crippen LogP contribution in [0.3, 0.4) is 0 Å². The van der Waals surface area contributed by atoms with Crippen LogP contribution in [-0.2, 0) is 33.2 Å². The van der Waals surface area contributed by atoms with Crippen molar-refractivity contribution in [1.29, 1.82) is 0 Å². The molecule has 0 aromatic heterocycles. The summed E-state index contributed by atoms with van der Waals surface area (Å²) in [5.41, 5.74) is -0.548. The van der Waals surface area contributed by atoms with Crippen molar-refractivity contribution in [3.8, 4) is 0 Å². The number of rotatable bonds is 12. The summed E-state index contributed by atoms with van der Waals surface area (Å²) >= 11 is 7.13. The van der Waals surface area contributed by atoms with E-state index >= 15 is 0 Å². The van der Waals surface area contributed by atoms with Crippen LogP contribution in [-0.4, -0.2) is 11.0 Å². The van der Waals surface area contributed by atoms with Gasteiger partial charge in [0.05, 0.1) is 12.9 Å². The molecule has 2 rings (SSSR count). The Kier molecular flexibility index (Phi) is 9.44. The topological polar surface area (TPSA) is 61.6 Å². The maximum absolute atomic E-state index is 10.9. The molecule has 28 heavy (non-hydrogen) atoms. The molecule has 0 N–H and O–H groups in total. The molecule has 148 valence electrons. The molecule has 0 bridgehead atoms. The number of nitro groups is 1. The SMILES string of the molecule is C=CC(C/C=C/OP(=S)(OCc1ccccc1)SCc1ccccc1)[N+](=O)[O-]. The van der Waals surface area contributed by atoms with Gasteiger partial charge in [-0.1, -0.05) is 78.6 Å².